The molecular weight excluding hydrogens is 242 g/mol. The van der Waals surface area contributed by atoms with Gasteiger partial charge in [0.15, 0.2) is 6.10 Å². The molecule has 1 unspecified atom stereocenters. The van der Waals surface area contributed by atoms with Crippen LogP contribution in [0.4, 0.5) is 0 Å². The highest BCUT2D eigenvalue weighted by molar-refractivity contribution is 6.30. The lowest BCUT2D eigenvalue weighted by molar-refractivity contribution is -0.147. The number of hydrogen-bond donors (Lipinski definition) is 1. The number of esters is 1. The van der Waals surface area contributed by atoms with Crippen molar-refractivity contribution in [3.8, 4) is 5.75 Å². The van der Waals surface area contributed by atoms with Gasteiger partial charge in [-0.05, 0) is 32.0 Å². The lowest BCUT2D eigenvalue weighted by Gasteiger charge is -2.17. The summed E-state index contributed by atoms with van der Waals surface area (Å²) in [5, 5.41) is 0.579. The number of halogens is 1. The first-order valence-corrected chi connectivity index (χ1v) is 5.63. The molecule has 1 aromatic carbocycles. The average Bonchev–Trinajstić information content (AvgIpc) is 2.29. The molecule has 0 aromatic heterocycles. The largest absolute Gasteiger partial charge is 0.479 e. The van der Waals surface area contributed by atoms with Crippen LogP contribution in [-0.4, -0.2) is 19.2 Å². The summed E-state index contributed by atoms with van der Waals surface area (Å²) >= 11 is 5.88. The lowest BCUT2D eigenvalue weighted by atomic mass is 10.1. The van der Waals surface area contributed by atoms with Gasteiger partial charge < -0.3 is 15.2 Å². The molecule has 1 aromatic rings. The van der Waals surface area contributed by atoms with Crippen molar-refractivity contribution in [1.82, 2.24) is 0 Å². The van der Waals surface area contributed by atoms with Gasteiger partial charge in [0.05, 0.1) is 7.11 Å². The Balaban J connectivity index is 2.94. The molecule has 0 saturated heterocycles. The molecule has 0 amide bonds. The van der Waals surface area contributed by atoms with Gasteiger partial charge in [-0.2, -0.15) is 0 Å². The monoisotopic (exact) mass is 257 g/mol. The standard InChI is InChI=1S/C12H16ClNO3/c1-7(14)10-6-9(13)4-5-11(10)17-8(2)12(15)16-3/h4-8H,14H2,1-3H3/t7-,8?/m0/s1. The maximum atomic E-state index is 11.3. The third-order valence-electron chi connectivity index (χ3n) is 2.30. The summed E-state index contributed by atoms with van der Waals surface area (Å²) < 4.78 is 10.1. The predicted molar refractivity (Wildman–Crippen MR) is 66.2 cm³/mol. The second-order valence-corrected chi connectivity index (χ2v) is 4.19. The van der Waals surface area contributed by atoms with Crippen LogP contribution in [0, 0.1) is 0 Å². The third-order valence-corrected chi connectivity index (χ3v) is 2.53. The molecule has 0 saturated carbocycles. The molecule has 4 nitrogen and oxygen atoms in total. The highest BCUT2D eigenvalue weighted by Crippen LogP contribution is 2.28. The van der Waals surface area contributed by atoms with Crippen LogP contribution in [0.1, 0.15) is 25.5 Å². The molecule has 0 radical (unpaired) electrons. The SMILES string of the molecule is COC(=O)C(C)Oc1ccc(Cl)cc1[C@H](C)N. The minimum Gasteiger partial charge on any atom is -0.479 e. The number of nitrogens with two attached hydrogens (primary N) is 1. The van der Waals surface area contributed by atoms with Crippen LogP contribution in [0.5, 0.6) is 5.75 Å². The zero-order chi connectivity index (χ0) is 13.0. The molecular formula is C12H16ClNO3. The molecule has 0 aliphatic rings. The minimum atomic E-state index is -0.682. The van der Waals surface area contributed by atoms with E-state index < -0.39 is 12.1 Å². The number of carbonyl (C=O) groups is 1. The van der Waals surface area contributed by atoms with Crippen LogP contribution in [0.2, 0.25) is 5.02 Å². The molecule has 0 aliphatic heterocycles. The average molecular weight is 258 g/mol. The summed E-state index contributed by atoms with van der Waals surface area (Å²) in [4.78, 5) is 11.3. The van der Waals surface area contributed by atoms with Crippen molar-refractivity contribution in [3.05, 3.63) is 28.8 Å². The number of rotatable bonds is 4. The van der Waals surface area contributed by atoms with Crippen LogP contribution < -0.4 is 10.5 Å². The summed E-state index contributed by atoms with van der Waals surface area (Å²) in [6, 6.07) is 4.88. The Labute approximate surface area is 106 Å². The summed E-state index contributed by atoms with van der Waals surface area (Å²) in [5.74, 6) is 0.109. The van der Waals surface area contributed by atoms with Crippen molar-refractivity contribution in [2.45, 2.75) is 26.0 Å². The van der Waals surface area contributed by atoms with Gasteiger partial charge >= 0.3 is 5.97 Å². The quantitative estimate of drug-likeness (QED) is 0.841. The number of carbonyl (C=O) groups excluding carboxylic acids is 1. The van der Waals surface area contributed by atoms with Crippen molar-refractivity contribution in [2.75, 3.05) is 7.11 Å². The summed E-state index contributed by atoms with van der Waals surface area (Å²) in [6.45, 7) is 3.44. The lowest BCUT2D eigenvalue weighted by Crippen LogP contribution is -2.25. The maximum Gasteiger partial charge on any atom is 0.346 e. The molecule has 0 spiro atoms. The predicted octanol–water partition coefficient (Wildman–Crippen LogP) is 2.30. The fourth-order valence-electron chi connectivity index (χ4n) is 1.39. The van der Waals surface area contributed by atoms with E-state index in [-0.39, 0.29) is 6.04 Å². The first-order chi connectivity index (χ1) is 7.95. The zero-order valence-electron chi connectivity index (χ0n) is 10.1. The molecule has 94 valence electrons. The van der Waals surface area contributed by atoms with Crippen molar-refractivity contribution < 1.29 is 14.3 Å². The number of hydrogen-bond acceptors (Lipinski definition) is 4. The number of benzene rings is 1. The van der Waals surface area contributed by atoms with Crippen LogP contribution in [0.15, 0.2) is 18.2 Å². The highest BCUT2D eigenvalue weighted by atomic mass is 35.5. The number of methoxy groups -OCH3 is 1. The molecule has 5 heteroatoms. The Morgan fingerprint density at radius 2 is 2.06 bits per heavy atom. The van der Waals surface area contributed by atoms with Gasteiger partial charge in [-0.15, -0.1) is 0 Å². The van der Waals surface area contributed by atoms with E-state index in [1.54, 1.807) is 25.1 Å². The van der Waals surface area contributed by atoms with E-state index >= 15 is 0 Å². The minimum absolute atomic E-state index is 0.228. The summed E-state index contributed by atoms with van der Waals surface area (Å²) in [7, 11) is 1.32. The third kappa shape index (κ3) is 3.61. The Kier molecular flexibility index (Phi) is 4.78. The molecule has 0 fully saturated rings. The molecule has 0 heterocycles. The van der Waals surface area contributed by atoms with Crippen LogP contribution >= 0.6 is 11.6 Å². The Morgan fingerprint density at radius 3 is 2.59 bits per heavy atom. The molecule has 0 aliphatic carbocycles. The highest BCUT2D eigenvalue weighted by Gasteiger charge is 2.17. The van der Waals surface area contributed by atoms with Crippen molar-refractivity contribution in [2.24, 2.45) is 5.73 Å². The molecule has 17 heavy (non-hydrogen) atoms. The first-order valence-electron chi connectivity index (χ1n) is 5.25. The van der Waals surface area contributed by atoms with E-state index in [2.05, 4.69) is 4.74 Å². The van der Waals surface area contributed by atoms with Gasteiger partial charge in [-0.3, -0.25) is 0 Å². The smallest absolute Gasteiger partial charge is 0.346 e. The van der Waals surface area contributed by atoms with E-state index in [9.17, 15) is 4.79 Å². The molecule has 2 atom stereocenters. The van der Waals surface area contributed by atoms with Gasteiger partial charge in [-0.1, -0.05) is 11.6 Å². The summed E-state index contributed by atoms with van der Waals surface area (Å²) in [6.07, 6.45) is -0.682. The van der Waals surface area contributed by atoms with Crippen molar-refractivity contribution in [1.29, 1.82) is 0 Å². The normalized spacial score (nSPS) is 13.9. The van der Waals surface area contributed by atoms with Gasteiger partial charge in [0.2, 0.25) is 0 Å². The maximum absolute atomic E-state index is 11.3. The topological polar surface area (TPSA) is 61.5 Å². The first kappa shape index (κ1) is 13.8. The number of ether oxygens (including phenoxy) is 2. The fraction of sp³-hybridized carbons (Fsp3) is 0.417. The Bertz CT molecular complexity index is 407. The van der Waals surface area contributed by atoms with Gasteiger partial charge in [-0.25, -0.2) is 4.79 Å². The van der Waals surface area contributed by atoms with Crippen molar-refractivity contribution >= 4 is 17.6 Å². The Morgan fingerprint density at radius 1 is 1.41 bits per heavy atom. The van der Waals surface area contributed by atoms with E-state index in [0.29, 0.717) is 10.8 Å². The van der Waals surface area contributed by atoms with Gasteiger partial charge in [0.1, 0.15) is 5.75 Å². The molecule has 0 bridgehead atoms. The van der Waals surface area contributed by atoms with E-state index in [0.717, 1.165) is 5.56 Å². The Hall–Kier alpha value is -1.26. The summed E-state index contributed by atoms with van der Waals surface area (Å²) in [5.41, 5.74) is 6.57. The fourth-order valence-corrected chi connectivity index (χ4v) is 1.57. The van der Waals surface area contributed by atoms with E-state index in [1.807, 2.05) is 6.92 Å². The second-order valence-electron chi connectivity index (χ2n) is 3.75. The van der Waals surface area contributed by atoms with Crippen LogP contribution in [0.25, 0.3) is 0 Å². The van der Waals surface area contributed by atoms with E-state index in [4.69, 9.17) is 22.1 Å². The van der Waals surface area contributed by atoms with Gasteiger partial charge in [0.25, 0.3) is 0 Å². The van der Waals surface area contributed by atoms with Gasteiger partial charge in [0, 0.05) is 16.6 Å². The van der Waals surface area contributed by atoms with Crippen LogP contribution in [-0.2, 0) is 9.53 Å². The van der Waals surface area contributed by atoms with E-state index in [1.165, 1.54) is 7.11 Å². The zero-order valence-corrected chi connectivity index (χ0v) is 10.8. The van der Waals surface area contributed by atoms with Crippen LogP contribution in [0.3, 0.4) is 0 Å². The van der Waals surface area contributed by atoms with Crippen molar-refractivity contribution in [3.63, 3.8) is 0 Å². The second kappa shape index (κ2) is 5.89. The molecule has 1 rings (SSSR count). The molecule has 2 N–H and O–H groups in total.